The molecular formula is C12H17ClN4O3. The average Bonchev–Trinajstić information content (AvgIpc) is 2.71. The van der Waals surface area contributed by atoms with Gasteiger partial charge < -0.3 is 9.30 Å². The Labute approximate surface area is 120 Å². The minimum Gasteiger partial charge on any atom is -0.377 e. The van der Waals surface area contributed by atoms with Gasteiger partial charge in [0, 0.05) is 20.6 Å². The number of imidazole rings is 1. The Morgan fingerprint density at radius 3 is 2.50 bits per heavy atom. The molecule has 2 rings (SSSR count). The first kappa shape index (κ1) is 14.8. The zero-order valence-corrected chi connectivity index (χ0v) is 12.6. The van der Waals surface area contributed by atoms with Crippen LogP contribution in [-0.4, -0.2) is 31.4 Å². The van der Waals surface area contributed by atoms with E-state index in [1.54, 1.807) is 11.6 Å². The van der Waals surface area contributed by atoms with Crippen molar-refractivity contribution < 1.29 is 4.74 Å². The lowest BCUT2D eigenvalue weighted by molar-refractivity contribution is 0.0733. The third-order valence-electron chi connectivity index (χ3n) is 3.07. The summed E-state index contributed by atoms with van der Waals surface area (Å²) in [6, 6.07) is 0. The van der Waals surface area contributed by atoms with Crippen LogP contribution in [0.25, 0.3) is 11.2 Å². The smallest absolute Gasteiger partial charge is 0.332 e. The number of fused-ring (bicyclic) bond motifs is 1. The normalized spacial score (nSPS) is 11.7. The van der Waals surface area contributed by atoms with Crippen LogP contribution in [0.3, 0.4) is 0 Å². The predicted octanol–water partition coefficient (Wildman–Crippen LogP) is 0.512. The van der Waals surface area contributed by atoms with Gasteiger partial charge in [0.15, 0.2) is 11.2 Å². The highest BCUT2D eigenvalue weighted by molar-refractivity contribution is 6.29. The van der Waals surface area contributed by atoms with Gasteiger partial charge in [0.05, 0.1) is 12.7 Å². The number of nitrogens with zero attached hydrogens (tertiary/aromatic N) is 4. The standard InChI is InChI=1S/C12H17ClN4O3/c1-7(2)20-6-5-17-8-9(14-11(17)13)15(3)12(19)16(4)10(8)18/h7H,5-6H2,1-4H3. The lowest BCUT2D eigenvalue weighted by atomic mass is 10.4. The molecule has 2 aromatic rings. The number of aromatic nitrogens is 4. The molecule has 0 spiro atoms. The monoisotopic (exact) mass is 300 g/mol. The first-order valence-corrected chi connectivity index (χ1v) is 6.65. The van der Waals surface area contributed by atoms with E-state index in [4.69, 9.17) is 16.3 Å². The molecule has 0 aliphatic rings. The summed E-state index contributed by atoms with van der Waals surface area (Å²) in [6.45, 7) is 4.67. The van der Waals surface area contributed by atoms with Gasteiger partial charge in [-0.15, -0.1) is 0 Å². The Balaban J connectivity index is 2.59. The van der Waals surface area contributed by atoms with E-state index in [-0.39, 0.29) is 17.0 Å². The predicted molar refractivity (Wildman–Crippen MR) is 76.3 cm³/mol. The fraction of sp³-hybridized carbons (Fsp3) is 0.583. The molecule has 7 nitrogen and oxygen atoms in total. The molecule has 0 N–H and O–H groups in total. The first-order chi connectivity index (χ1) is 9.34. The SMILES string of the molecule is CC(C)OCCn1c(Cl)nc2c1c(=O)n(C)c(=O)n2C. The number of rotatable bonds is 4. The Morgan fingerprint density at radius 2 is 1.90 bits per heavy atom. The van der Waals surface area contributed by atoms with E-state index >= 15 is 0 Å². The van der Waals surface area contributed by atoms with Crippen LogP contribution in [0.1, 0.15) is 13.8 Å². The molecule has 0 aliphatic heterocycles. The Morgan fingerprint density at radius 1 is 1.25 bits per heavy atom. The average molecular weight is 301 g/mol. The van der Waals surface area contributed by atoms with Crippen LogP contribution in [0.2, 0.25) is 5.28 Å². The Kier molecular flexibility index (Phi) is 4.01. The quantitative estimate of drug-likeness (QED) is 0.772. The van der Waals surface area contributed by atoms with Crippen LogP contribution < -0.4 is 11.2 Å². The fourth-order valence-electron chi connectivity index (χ4n) is 2.00. The maximum atomic E-state index is 12.2. The van der Waals surface area contributed by atoms with Crippen molar-refractivity contribution in [2.75, 3.05) is 6.61 Å². The minimum atomic E-state index is -0.428. The fourth-order valence-corrected chi connectivity index (χ4v) is 2.25. The van der Waals surface area contributed by atoms with Crippen molar-refractivity contribution in [2.24, 2.45) is 14.1 Å². The summed E-state index contributed by atoms with van der Waals surface area (Å²) in [5, 5.41) is 0.172. The zero-order valence-electron chi connectivity index (χ0n) is 11.9. The van der Waals surface area contributed by atoms with Gasteiger partial charge in [0.25, 0.3) is 5.56 Å². The van der Waals surface area contributed by atoms with Crippen LogP contribution in [0, 0.1) is 0 Å². The van der Waals surface area contributed by atoms with E-state index in [2.05, 4.69) is 4.98 Å². The van der Waals surface area contributed by atoms with Crippen molar-refractivity contribution in [3.8, 4) is 0 Å². The molecule has 0 saturated heterocycles. The second-order valence-electron chi connectivity index (χ2n) is 4.83. The molecule has 0 fully saturated rings. The second kappa shape index (κ2) is 5.41. The number of hydrogen-bond donors (Lipinski definition) is 0. The topological polar surface area (TPSA) is 71.1 Å². The van der Waals surface area contributed by atoms with Crippen LogP contribution in [-0.2, 0) is 25.4 Å². The number of ether oxygens (including phenoxy) is 1. The summed E-state index contributed by atoms with van der Waals surface area (Å²) >= 11 is 6.06. The van der Waals surface area contributed by atoms with E-state index < -0.39 is 11.2 Å². The molecule has 0 bridgehead atoms. The lowest BCUT2D eigenvalue weighted by Crippen LogP contribution is -2.37. The van der Waals surface area contributed by atoms with E-state index in [9.17, 15) is 9.59 Å². The van der Waals surface area contributed by atoms with Gasteiger partial charge >= 0.3 is 5.69 Å². The molecule has 0 aliphatic carbocycles. The van der Waals surface area contributed by atoms with Crippen molar-refractivity contribution >= 4 is 22.8 Å². The number of halogens is 1. The largest absolute Gasteiger partial charge is 0.377 e. The number of hydrogen-bond acceptors (Lipinski definition) is 4. The van der Waals surface area contributed by atoms with Crippen molar-refractivity contribution in [1.29, 1.82) is 0 Å². The van der Waals surface area contributed by atoms with E-state index in [0.29, 0.717) is 18.7 Å². The highest BCUT2D eigenvalue weighted by Crippen LogP contribution is 2.15. The molecule has 0 radical (unpaired) electrons. The van der Waals surface area contributed by atoms with E-state index in [1.165, 1.54) is 11.6 Å². The van der Waals surface area contributed by atoms with Crippen molar-refractivity contribution in [2.45, 2.75) is 26.5 Å². The molecular weight excluding hydrogens is 284 g/mol. The highest BCUT2D eigenvalue weighted by Gasteiger charge is 2.17. The third-order valence-corrected chi connectivity index (χ3v) is 3.36. The summed E-state index contributed by atoms with van der Waals surface area (Å²) in [4.78, 5) is 28.2. The van der Waals surface area contributed by atoms with Crippen LogP contribution >= 0.6 is 11.6 Å². The van der Waals surface area contributed by atoms with Crippen molar-refractivity contribution in [1.82, 2.24) is 18.7 Å². The molecule has 110 valence electrons. The molecule has 0 saturated carbocycles. The van der Waals surface area contributed by atoms with E-state index in [0.717, 1.165) is 4.57 Å². The third kappa shape index (κ3) is 2.38. The van der Waals surface area contributed by atoms with Crippen LogP contribution in [0.5, 0.6) is 0 Å². The molecule has 8 heteroatoms. The maximum Gasteiger partial charge on any atom is 0.332 e. The Bertz CT molecular complexity index is 757. The summed E-state index contributed by atoms with van der Waals surface area (Å²) in [6.07, 6.45) is 0.0933. The Hall–Kier alpha value is -1.60. The van der Waals surface area contributed by atoms with Crippen LogP contribution in [0.15, 0.2) is 9.59 Å². The minimum absolute atomic E-state index is 0.0933. The van der Waals surface area contributed by atoms with Gasteiger partial charge in [-0.2, -0.15) is 4.98 Å². The lowest BCUT2D eigenvalue weighted by Gasteiger charge is -2.09. The van der Waals surface area contributed by atoms with Gasteiger partial charge in [-0.25, -0.2) is 4.79 Å². The number of aryl methyl sites for hydroxylation is 1. The van der Waals surface area contributed by atoms with Crippen molar-refractivity contribution in [3.63, 3.8) is 0 Å². The molecule has 0 atom stereocenters. The van der Waals surface area contributed by atoms with Gasteiger partial charge in [-0.05, 0) is 25.4 Å². The maximum absolute atomic E-state index is 12.2. The van der Waals surface area contributed by atoms with Gasteiger partial charge in [-0.3, -0.25) is 13.9 Å². The molecule has 0 amide bonds. The highest BCUT2D eigenvalue weighted by atomic mass is 35.5. The van der Waals surface area contributed by atoms with Crippen LogP contribution in [0.4, 0.5) is 0 Å². The zero-order chi connectivity index (χ0) is 15.0. The molecule has 2 heterocycles. The molecule has 0 unspecified atom stereocenters. The van der Waals surface area contributed by atoms with Gasteiger partial charge in [0.1, 0.15) is 0 Å². The molecule has 20 heavy (non-hydrogen) atoms. The summed E-state index contributed by atoms with van der Waals surface area (Å²) in [5.41, 5.74) is -0.242. The molecule has 0 aromatic carbocycles. The van der Waals surface area contributed by atoms with Gasteiger partial charge in [-0.1, -0.05) is 0 Å². The van der Waals surface area contributed by atoms with E-state index in [1.807, 2.05) is 13.8 Å². The molecule has 2 aromatic heterocycles. The summed E-state index contributed by atoms with van der Waals surface area (Å²) in [5.74, 6) is 0. The van der Waals surface area contributed by atoms with Crippen molar-refractivity contribution in [3.05, 3.63) is 26.1 Å². The summed E-state index contributed by atoms with van der Waals surface area (Å²) < 4.78 is 9.38. The first-order valence-electron chi connectivity index (χ1n) is 6.28. The van der Waals surface area contributed by atoms with Gasteiger partial charge in [0.2, 0.25) is 5.28 Å². The second-order valence-corrected chi connectivity index (χ2v) is 5.17. The summed E-state index contributed by atoms with van der Waals surface area (Å²) in [7, 11) is 2.99.